The fourth-order valence-electron chi connectivity index (χ4n) is 1.56. The number of carbonyl (C=O) groups excluding carboxylic acids is 2. The summed E-state index contributed by atoms with van der Waals surface area (Å²) in [6, 6.07) is 4.95. The molecule has 1 aromatic rings. The first-order chi connectivity index (χ1) is 11.2. The fraction of sp³-hybridized carbons (Fsp3) is 0.500. The summed E-state index contributed by atoms with van der Waals surface area (Å²) in [5, 5.41) is 0. The van der Waals surface area contributed by atoms with Crippen LogP contribution in [-0.4, -0.2) is 24.9 Å². The first-order valence-corrected chi connectivity index (χ1v) is 7.31. The van der Waals surface area contributed by atoms with Gasteiger partial charge < -0.3 is 14.2 Å². The lowest BCUT2D eigenvalue weighted by atomic mass is 10.2. The standard InChI is InChI=1S/C16H19F3O5/c1-11(2)9-22-14(20)7-8-15(21)23-10-12-3-5-13(6-4-12)24-16(17,18)19/h3-6,11H,7-10H2,1-2H3. The average molecular weight is 348 g/mol. The summed E-state index contributed by atoms with van der Waals surface area (Å²) >= 11 is 0. The zero-order valence-corrected chi connectivity index (χ0v) is 13.4. The van der Waals surface area contributed by atoms with Gasteiger partial charge in [-0.05, 0) is 23.6 Å². The van der Waals surface area contributed by atoms with Gasteiger partial charge in [-0.25, -0.2) is 0 Å². The van der Waals surface area contributed by atoms with Crippen LogP contribution in [-0.2, 0) is 25.7 Å². The van der Waals surface area contributed by atoms with E-state index in [1.165, 1.54) is 12.1 Å². The van der Waals surface area contributed by atoms with Gasteiger partial charge in [-0.15, -0.1) is 13.2 Å². The van der Waals surface area contributed by atoms with Crippen LogP contribution in [0.2, 0.25) is 0 Å². The summed E-state index contributed by atoms with van der Waals surface area (Å²) in [4.78, 5) is 22.9. The number of hydrogen-bond donors (Lipinski definition) is 0. The minimum Gasteiger partial charge on any atom is -0.465 e. The van der Waals surface area contributed by atoms with Crippen molar-refractivity contribution in [3.05, 3.63) is 29.8 Å². The third kappa shape index (κ3) is 9.02. The number of halogens is 3. The van der Waals surface area contributed by atoms with Crippen LogP contribution >= 0.6 is 0 Å². The molecule has 0 spiro atoms. The van der Waals surface area contributed by atoms with Crippen LogP contribution in [0.25, 0.3) is 0 Å². The van der Waals surface area contributed by atoms with E-state index in [9.17, 15) is 22.8 Å². The lowest BCUT2D eigenvalue weighted by Crippen LogP contribution is -2.17. The Hall–Kier alpha value is -2.25. The van der Waals surface area contributed by atoms with Gasteiger partial charge in [0.15, 0.2) is 0 Å². The summed E-state index contributed by atoms with van der Waals surface area (Å²) in [5.74, 6) is -1.21. The number of ether oxygens (including phenoxy) is 3. The summed E-state index contributed by atoms with van der Waals surface area (Å²) in [7, 11) is 0. The van der Waals surface area contributed by atoms with Crippen molar-refractivity contribution in [2.45, 2.75) is 39.7 Å². The van der Waals surface area contributed by atoms with Gasteiger partial charge in [0.2, 0.25) is 0 Å². The number of benzene rings is 1. The SMILES string of the molecule is CC(C)COC(=O)CCC(=O)OCc1ccc(OC(F)(F)F)cc1. The zero-order chi connectivity index (χ0) is 18.2. The fourth-order valence-corrected chi connectivity index (χ4v) is 1.56. The number of hydrogen-bond acceptors (Lipinski definition) is 5. The van der Waals surface area contributed by atoms with E-state index >= 15 is 0 Å². The van der Waals surface area contributed by atoms with E-state index in [0.717, 1.165) is 12.1 Å². The van der Waals surface area contributed by atoms with Gasteiger partial charge in [-0.2, -0.15) is 0 Å². The number of carbonyl (C=O) groups is 2. The number of esters is 2. The monoisotopic (exact) mass is 348 g/mol. The Morgan fingerprint density at radius 1 is 1.00 bits per heavy atom. The van der Waals surface area contributed by atoms with Crippen molar-refractivity contribution >= 4 is 11.9 Å². The van der Waals surface area contributed by atoms with Crippen LogP contribution in [0.5, 0.6) is 5.75 Å². The topological polar surface area (TPSA) is 61.8 Å². The van der Waals surface area contributed by atoms with Gasteiger partial charge in [0.25, 0.3) is 0 Å². The van der Waals surface area contributed by atoms with E-state index in [1.54, 1.807) is 0 Å². The molecule has 1 aromatic carbocycles. The van der Waals surface area contributed by atoms with Gasteiger partial charge in [-0.1, -0.05) is 26.0 Å². The Balaban J connectivity index is 2.30. The third-order valence-corrected chi connectivity index (χ3v) is 2.67. The molecule has 134 valence electrons. The highest BCUT2D eigenvalue weighted by Crippen LogP contribution is 2.22. The quantitative estimate of drug-likeness (QED) is 0.672. The third-order valence-electron chi connectivity index (χ3n) is 2.67. The predicted molar refractivity (Wildman–Crippen MR) is 78.0 cm³/mol. The largest absolute Gasteiger partial charge is 0.573 e. The van der Waals surface area contributed by atoms with Crippen molar-refractivity contribution in [3.63, 3.8) is 0 Å². The van der Waals surface area contributed by atoms with Gasteiger partial charge in [0.1, 0.15) is 12.4 Å². The van der Waals surface area contributed by atoms with E-state index in [2.05, 4.69) is 4.74 Å². The molecule has 0 N–H and O–H groups in total. The van der Waals surface area contributed by atoms with E-state index in [0.29, 0.717) is 12.2 Å². The molecule has 0 aromatic heterocycles. The van der Waals surface area contributed by atoms with Crippen molar-refractivity contribution in [2.24, 2.45) is 5.92 Å². The molecular weight excluding hydrogens is 329 g/mol. The van der Waals surface area contributed by atoms with Crippen molar-refractivity contribution in [2.75, 3.05) is 6.61 Å². The van der Waals surface area contributed by atoms with E-state index in [-0.39, 0.29) is 31.1 Å². The molecule has 0 saturated heterocycles. The maximum atomic E-state index is 12.0. The Morgan fingerprint density at radius 2 is 1.54 bits per heavy atom. The van der Waals surface area contributed by atoms with Crippen LogP contribution in [0.1, 0.15) is 32.3 Å². The summed E-state index contributed by atoms with van der Waals surface area (Å²) in [6.45, 7) is 3.98. The minimum absolute atomic E-state index is 0.0795. The summed E-state index contributed by atoms with van der Waals surface area (Å²) in [6.07, 6.45) is -4.95. The van der Waals surface area contributed by atoms with Gasteiger partial charge >= 0.3 is 18.3 Å². The maximum Gasteiger partial charge on any atom is 0.573 e. The molecule has 1 rings (SSSR count). The number of rotatable bonds is 8. The highest BCUT2D eigenvalue weighted by molar-refractivity contribution is 5.77. The Kier molecular flexibility index (Phi) is 7.54. The van der Waals surface area contributed by atoms with Crippen LogP contribution in [0, 0.1) is 5.92 Å². The van der Waals surface area contributed by atoms with Crippen molar-refractivity contribution in [1.82, 2.24) is 0 Å². The first-order valence-electron chi connectivity index (χ1n) is 7.31. The molecule has 0 fully saturated rings. The molecular formula is C16H19F3O5. The molecule has 5 nitrogen and oxygen atoms in total. The Labute approximate surface area is 137 Å². The highest BCUT2D eigenvalue weighted by Gasteiger charge is 2.30. The maximum absolute atomic E-state index is 12.0. The highest BCUT2D eigenvalue weighted by atomic mass is 19.4. The smallest absolute Gasteiger partial charge is 0.465 e. The van der Waals surface area contributed by atoms with E-state index in [1.807, 2.05) is 13.8 Å². The van der Waals surface area contributed by atoms with Crippen molar-refractivity contribution in [1.29, 1.82) is 0 Å². The Bertz CT molecular complexity index is 538. The zero-order valence-electron chi connectivity index (χ0n) is 13.4. The normalized spacial score (nSPS) is 11.2. The van der Waals surface area contributed by atoms with Crippen molar-refractivity contribution in [3.8, 4) is 5.75 Å². The van der Waals surface area contributed by atoms with Gasteiger partial charge in [0.05, 0.1) is 19.4 Å². The first kappa shape index (κ1) is 19.8. The summed E-state index contributed by atoms with van der Waals surface area (Å²) in [5.41, 5.74) is 0.500. The van der Waals surface area contributed by atoms with E-state index < -0.39 is 18.3 Å². The molecule has 0 amide bonds. The number of alkyl halides is 3. The Morgan fingerprint density at radius 3 is 2.04 bits per heavy atom. The second kappa shape index (κ2) is 9.14. The lowest BCUT2D eigenvalue weighted by Gasteiger charge is -2.10. The van der Waals surface area contributed by atoms with Crippen LogP contribution < -0.4 is 4.74 Å². The molecule has 0 heterocycles. The van der Waals surface area contributed by atoms with Crippen LogP contribution in [0.4, 0.5) is 13.2 Å². The van der Waals surface area contributed by atoms with Crippen LogP contribution in [0.15, 0.2) is 24.3 Å². The van der Waals surface area contributed by atoms with Gasteiger partial charge in [-0.3, -0.25) is 9.59 Å². The molecule has 8 heteroatoms. The molecule has 0 aliphatic carbocycles. The lowest BCUT2D eigenvalue weighted by molar-refractivity contribution is -0.274. The molecule has 0 radical (unpaired) electrons. The molecule has 24 heavy (non-hydrogen) atoms. The molecule has 0 aliphatic heterocycles. The molecule has 0 atom stereocenters. The molecule has 0 aliphatic rings. The summed E-state index contributed by atoms with van der Waals surface area (Å²) < 4.78 is 49.6. The second-order valence-corrected chi connectivity index (χ2v) is 5.43. The van der Waals surface area contributed by atoms with Crippen LogP contribution in [0.3, 0.4) is 0 Å². The second-order valence-electron chi connectivity index (χ2n) is 5.43. The average Bonchev–Trinajstić information content (AvgIpc) is 2.48. The molecule has 0 saturated carbocycles. The molecule has 0 bridgehead atoms. The molecule has 0 unspecified atom stereocenters. The predicted octanol–water partition coefficient (Wildman–Crippen LogP) is 3.61. The van der Waals surface area contributed by atoms with Gasteiger partial charge in [0, 0.05) is 0 Å². The van der Waals surface area contributed by atoms with E-state index in [4.69, 9.17) is 9.47 Å². The minimum atomic E-state index is -4.75. The van der Waals surface area contributed by atoms with Crippen molar-refractivity contribution < 1.29 is 37.0 Å².